The number of ether oxygens (including phenoxy) is 2. The summed E-state index contributed by atoms with van der Waals surface area (Å²) >= 11 is 1.40. The quantitative estimate of drug-likeness (QED) is 0.0631. The largest absolute Gasteiger partial charge is 0.390 e. The molecule has 1 rings (SSSR count). The summed E-state index contributed by atoms with van der Waals surface area (Å²) in [7, 11) is 13.1. The highest BCUT2D eigenvalue weighted by molar-refractivity contribution is 7.99. The van der Waals surface area contributed by atoms with Gasteiger partial charge in [0.2, 0.25) is 65.0 Å². The molecule has 0 spiro atoms. The number of carbonyl (C=O) groups excluding carboxylic acids is 11. The average Bonchev–Trinajstić information content (AvgIpc) is 0.811. The van der Waals surface area contributed by atoms with Crippen LogP contribution in [-0.4, -0.2) is 264 Å². The number of amides is 11. The highest BCUT2D eigenvalue weighted by Crippen LogP contribution is 2.27. The zero-order valence-corrected chi connectivity index (χ0v) is 64.1. The van der Waals surface area contributed by atoms with E-state index < -0.39 is 161 Å². The molecule has 0 aromatic rings. The first-order chi connectivity index (χ1) is 44.5. The van der Waals surface area contributed by atoms with Gasteiger partial charge < -0.3 is 70.1 Å². The van der Waals surface area contributed by atoms with Gasteiger partial charge in [-0.2, -0.15) is 11.8 Å². The first kappa shape index (κ1) is 88.2. The standard InChI is InChI=1S/C70H127N11O14S/c1-27-29-32-46(13)58(82)57-62(86)73-49(28-2)64(88)79(22)54(40-96-36-31-30-35-94-25)67(91)78(21)53(39-70(16,17)95-26)61(85)74-55(44(9)10)68(92)75(18)50(34-33-41(3)4)60(84)71-47(14)59(83)72-48(15)63(87)76(19)51(37-42(5)6)65(89)77(20)52(38-43(7)8)66(90)80(23)56(45(11)12)69(93)81(57)24/h27,29,41-58,82H,28,30-40H2,1-26H3,(H,71,84)(H,72,83)(H,73,86)(H,74,85)/b29-27+/t46-,47-,48+,49+,50-,51+,52+,53+,54-,55-,56+,57+,58-/m1/s1. The fourth-order valence-corrected chi connectivity index (χ4v) is 13.0. The Balaban J connectivity index is 4.61. The summed E-state index contributed by atoms with van der Waals surface area (Å²) in [6, 6.07) is -14.1. The fraction of sp³-hybridized carbons (Fsp3) is 0.814. The van der Waals surface area contributed by atoms with E-state index in [1.165, 1.54) is 111 Å². The number of hydrogen-bond donors (Lipinski definition) is 5. The minimum atomic E-state index is -1.65. The number of aliphatic hydroxyl groups is 1. The van der Waals surface area contributed by atoms with E-state index in [4.69, 9.17) is 9.47 Å². The maximum Gasteiger partial charge on any atom is 0.246 e. The lowest BCUT2D eigenvalue weighted by molar-refractivity contribution is -0.157. The molecule has 5 N–H and O–H groups in total. The molecular weight excluding hydrogens is 1250 g/mol. The molecule has 0 saturated carbocycles. The molecule has 0 aromatic heterocycles. The van der Waals surface area contributed by atoms with Gasteiger partial charge in [-0.15, -0.1) is 0 Å². The molecule has 0 aromatic carbocycles. The number of thioether (sulfide) groups is 1. The van der Waals surface area contributed by atoms with Crippen LogP contribution in [0, 0.1) is 35.5 Å². The van der Waals surface area contributed by atoms with Crippen LogP contribution in [0.15, 0.2) is 12.2 Å². The third-order valence-electron chi connectivity index (χ3n) is 18.4. The second kappa shape index (κ2) is 41.5. The van der Waals surface area contributed by atoms with E-state index in [2.05, 4.69) is 21.3 Å². The third-order valence-corrected chi connectivity index (χ3v) is 19.5. The number of rotatable bonds is 24. The monoisotopic (exact) mass is 1380 g/mol. The number of unbranched alkanes of at least 4 members (excludes halogenated alkanes) is 1. The average molecular weight is 1380 g/mol. The van der Waals surface area contributed by atoms with E-state index in [0.717, 1.165) is 11.3 Å². The van der Waals surface area contributed by atoms with E-state index in [9.17, 15) is 24.3 Å². The Morgan fingerprint density at radius 3 is 1.50 bits per heavy atom. The van der Waals surface area contributed by atoms with Gasteiger partial charge in [-0.1, -0.05) is 95.2 Å². The minimum Gasteiger partial charge on any atom is -0.390 e. The van der Waals surface area contributed by atoms with Crippen LogP contribution in [0.5, 0.6) is 0 Å². The predicted molar refractivity (Wildman–Crippen MR) is 377 cm³/mol. The van der Waals surface area contributed by atoms with Crippen molar-refractivity contribution in [3.05, 3.63) is 12.2 Å². The van der Waals surface area contributed by atoms with Gasteiger partial charge in [0.15, 0.2) is 0 Å². The van der Waals surface area contributed by atoms with Gasteiger partial charge in [0.1, 0.15) is 66.5 Å². The van der Waals surface area contributed by atoms with Gasteiger partial charge in [-0.05, 0) is 127 Å². The van der Waals surface area contributed by atoms with Crippen LogP contribution in [-0.2, 0) is 62.2 Å². The highest BCUT2D eigenvalue weighted by atomic mass is 32.2. The first-order valence-corrected chi connectivity index (χ1v) is 35.7. The molecule has 0 radical (unpaired) electrons. The Kier molecular flexibility index (Phi) is 38.1. The van der Waals surface area contributed by atoms with Crippen molar-refractivity contribution < 1.29 is 67.3 Å². The van der Waals surface area contributed by atoms with Crippen LogP contribution in [0.1, 0.15) is 175 Å². The lowest BCUT2D eigenvalue weighted by Crippen LogP contribution is -2.64. The summed E-state index contributed by atoms with van der Waals surface area (Å²) < 4.78 is 11.1. The molecule has 1 heterocycles. The van der Waals surface area contributed by atoms with Crippen LogP contribution in [0.25, 0.3) is 0 Å². The molecule has 25 nitrogen and oxygen atoms in total. The zero-order chi connectivity index (χ0) is 74.1. The summed E-state index contributed by atoms with van der Waals surface area (Å²) in [5.74, 6) is -9.08. The normalized spacial score (nSPS) is 26.1. The van der Waals surface area contributed by atoms with Gasteiger partial charge in [-0.3, -0.25) is 52.7 Å². The highest BCUT2D eigenvalue weighted by Gasteiger charge is 2.47. The maximum absolute atomic E-state index is 15.5. The number of nitrogens with zero attached hydrogens (tertiary/aromatic N) is 7. The van der Waals surface area contributed by atoms with E-state index in [1.54, 1.807) is 75.5 Å². The van der Waals surface area contributed by atoms with Crippen molar-refractivity contribution >= 4 is 76.7 Å². The molecule has 0 unspecified atom stereocenters. The van der Waals surface area contributed by atoms with Crippen molar-refractivity contribution in [2.24, 2.45) is 35.5 Å². The van der Waals surface area contributed by atoms with Crippen molar-refractivity contribution in [3.63, 3.8) is 0 Å². The lowest BCUT2D eigenvalue weighted by Gasteiger charge is -2.41. The second-order valence-corrected chi connectivity index (χ2v) is 30.1. The maximum atomic E-state index is 15.5. The van der Waals surface area contributed by atoms with E-state index >= 15 is 33.6 Å². The number of nitrogens with one attached hydrogen (secondary N) is 4. The molecular formula is C70H127N11O14S. The second-order valence-electron chi connectivity index (χ2n) is 29.0. The minimum absolute atomic E-state index is 0.0130. The SMILES string of the molecule is C/C=C/C[C@@H](C)[C@@H](O)[C@H]1C(=O)N[C@@H](CC)C(=O)N(C)[C@H](CSCCCCOC)C(=O)N(C)[C@@H](CC(C)(C)OC)C(=O)N[C@H](C(C)C)C(=O)N(C)[C@H](CCC(C)C)C(=O)N[C@H](C)C(=O)N[C@@H](C)C(=O)N(C)[C@@H](CC(C)C)C(=O)N(C)[C@@H](CC(C)C)C(=O)N(C)[C@@H](C(C)C)C(=O)N1C. The Morgan fingerprint density at radius 1 is 0.531 bits per heavy atom. The fourth-order valence-electron chi connectivity index (χ4n) is 11.8. The predicted octanol–water partition coefficient (Wildman–Crippen LogP) is 4.96. The van der Waals surface area contributed by atoms with Crippen molar-refractivity contribution in [2.75, 3.05) is 81.7 Å². The summed E-state index contributed by atoms with van der Waals surface area (Å²) in [5.41, 5.74) is -1.05. The number of likely N-dealkylation sites (N-methyl/N-ethyl adjacent to an activating group) is 7. The molecule has 0 bridgehead atoms. The molecule has 26 heteroatoms. The van der Waals surface area contributed by atoms with Gasteiger partial charge in [0, 0.05) is 82.3 Å². The van der Waals surface area contributed by atoms with Crippen molar-refractivity contribution in [2.45, 2.75) is 254 Å². The lowest BCUT2D eigenvalue weighted by atomic mass is 9.91. The summed E-state index contributed by atoms with van der Waals surface area (Å²) in [5, 5.41) is 23.5. The molecule has 552 valence electrons. The topological polar surface area (TPSA) is 297 Å². The molecule has 1 aliphatic rings. The Hall–Kier alpha value is -5.86. The number of methoxy groups -OCH3 is 2. The zero-order valence-electron chi connectivity index (χ0n) is 63.3. The Morgan fingerprint density at radius 2 is 1.01 bits per heavy atom. The smallest absolute Gasteiger partial charge is 0.246 e. The van der Waals surface area contributed by atoms with Crippen LogP contribution in [0.3, 0.4) is 0 Å². The summed E-state index contributed by atoms with van der Waals surface area (Å²) in [6.45, 7) is 30.4. The van der Waals surface area contributed by atoms with Gasteiger partial charge in [0.25, 0.3) is 0 Å². The molecule has 96 heavy (non-hydrogen) atoms. The molecule has 1 saturated heterocycles. The van der Waals surface area contributed by atoms with Crippen LogP contribution in [0.4, 0.5) is 0 Å². The summed E-state index contributed by atoms with van der Waals surface area (Å²) in [6.07, 6.45) is 4.60. The Bertz CT molecular complexity index is 2590. The van der Waals surface area contributed by atoms with Crippen LogP contribution < -0.4 is 21.3 Å². The third kappa shape index (κ3) is 25.8. The van der Waals surface area contributed by atoms with E-state index in [1.807, 2.05) is 47.6 Å². The van der Waals surface area contributed by atoms with Gasteiger partial charge in [-0.25, -0.2) is 0 Å². The number of carbonyl (C=O) groups is 11. The van der Waals surface area contributed by atoms with Crippen LogP contribution in [0.2, 0.25) is 0 Å². The van der Waals surface area contributed by atoms with Crippen LogP contribution >= 0.6 is 11.8 Å². The number of allylic oxidation sites excluding steroid dienone is 2. The number of hydrogen-bond acceptors (Lipinski definition) is 15. The van der Waals surface area contributed by atoms with E-state index in [-0.39, 0.29) is 55.6 Å². The molecule has 1 aliphatic heterocycles. The van der Waals surface area contributed by atoms with Gasteiger partial charge >= 0.3 is 0 Å². The van der Waals surface area contributed by atoms with Crippen molar-refractivity contribution in [1.82, 2.24) is 55.6 Å². The molecule has 13 atom stereocenters. The Labute approximate surface area is 580 Å². The van der Waals surface area contributed by atoms with Crippen molar-refractivity contribution in [3.8, 4) is 0 Å². The van der Waals surface area contributed by atoms with Crippen molar-refractivity contribution in [1.29, 1.82) is 0 Å². The van der Waals surface area contributed by atoms with E-state index in [0.29, 0.717) is 31.6 Å². The first-order valence-electron chi connectivity index (χ1n) is 34.5. The molecule has 11 amide bonds. The summed E-state index contributed by atoms with van der Waals surface area (Å²) in [4.78, 5) is 174. The molecule has 0 aliphatic carbocycles. The van der Waals surface area contributed by atoms with Gasteiger partial charge in [0.05, 0.1) is 11.7 Å². The molecule has 1 fully saturated rings. The number of aliphatic hydroxyl groups excluding tert-OH is 1.